The fourth-order valence-electron chi connectivity index (χ4n) is 1.38. The van der Waals surface area contributed by atoms with Crippen molar-refractivity contribution in [2.24, 2.45) is 5.73 Å². The molecule has 2 rings (SSSR count). The van der Waals surface area contributed by atoms with Crippen LogP contribution in [0.1, 0.15) is 10.4 Å². The van der Waals surface area contributed by atoms with E-state index in [2.05, 4.69) is 4.98 Å². The Hall–Kier alpha value is -1.72. The Labute approximate surface area is 113 Å². The van der Waals surface area contributed by atoms with Crippen LogP contribution in [0.2, 0.25) is 5.02 Å². The molecule has 0 radical (unpaired) electrons. The van der Waals surface area contributed by atoms with E-state index in [4.69, 9.17) is 23.1 Å². The van der Waals surface area contributed by atoms with Crippen LogP contribution in [0, 0.1) is 0 Å². The number of anilines is 1. The van der Waals surface area contributed by atoms with E-state index < -0.39 is 5.91 Å². The molecule has 0 aliphatic carbocycles. The molecule has 0 bridgehead atoms. The van der Waals surface area contributed by atoms with Gasteiger partial charge in [0, 0.05) is 11.1 Å². The fraction of sp³-hybridized carbons (Fsp3) is 0. The van der Waals surface area contributed by atoms with Gasteiger partial charge in [0.25, 0.3) is 5.91 Å². The molecule has 4 nitrogen and oxygen atoms in total. The Morgan fingerprint density at radius 3 is 2.67 bits per heavy atom. The van der Waals surface area contributed by atoms with E-state index in [1.54, 1.807) is 30.5 Å². The largest absolute Gasteiger partial charge is 0.397 e. The van der Waals surface area contributed by atoms with Crippen LogP contribution in [0.4, 0.5) is 5.69 Å². The first-order valence-electron chi connectivity index (χ1n) is 5.05. The molecule has 1 aromatic carbocycles. The number of rotatable bonds is 3. The second-order valence-electron chi connectivity index (χ2n) is 3.50. The van der Waals surface area contributed by atoms with Crippen LogP contribution in [-0.4, -0.2) is 10.9 Å². The highest BCUT2D eigenvalue weighted by atomic mass is 35.5. The molecule has 0 saturated heterocycles. The fourth-order valence-corrected chi connectivity index (χ4v) is 2.33. The van der Waals surface area contributed by atoms with Crippen molar-refractivity contribution < 1.29 is 4.79 Å². The number of para-hydroxylation sites is 1. The number of carbonyl (C=O) groups excluding carboxylic acids is 1. The number of primary amides is 1. The molecule has 2 aromatic rings. The van der Waals surface area contributed by atoms with Gasteiger partial charge in [-0.05, 0) is 24.3 Å². The third-order valence-electron chi connectivity index (χ3n) is 2.25. The summed E-state index contributed by atoms with van der Waals surface area (Å²) < 4.78 is 0. The summed E-state index contributed by atoms with van der Waals surface area (Å²) in [6, 6.07) is 8.66. The summed E-state index contributed by atoms with van der Waals surface area (Å²) in [6.45, 7) is 0. The smallest absolute Gasteiger partial charge is 0.250 e. The van der Waals surface area contributed by atoms with Crippen molar-refractivity contribution >= 4 is 35.0 Å². The van der Waals surface area contributed by atoms with Gasteiger partial charge in [-0.15, -0.1) is 0 Å². The van der Waals surface area contributed by atoms with Crippen molar-refractivity contribution in [2.75, 3.05) is 5.73 Å². The van der Waals surface area contributed by atoms with Gasteiger partial charge in [-0.3, -0.25) is 4.79 Å². The highest BCUT2D eigenvalue weighted by Crippen LogP contribution is 2.32. The Kier molecular flexibility index (Phi) is 3.74. The van der Waals surface area contributed by atoms with Crippen LogP contribution in [0.3, 0.4) is 0 Å². The molecule has 6 heteroatoms. The number of aromatic nitrogens is 1. The standard InChI is InChI=1S/C12H10ClN3OS/c13-7-4-5-10(16-6-7)18-9-3-1-2-8(11(9)14)12(15)17/h1-6H,14H2,(H2,15,17). The predicted octanol–water partition coefficient (Wildman–Crippen LogP) is 2.57. The molecule has 0 spiro atoms. The molecule has 1 aromatic heterocycles. The summed E-state index contributed by atoms with van der Waals surface area (Å²) in [7, 11) is 0. The number of pyridine rings is 1. The molecule has 0 fully saturated rings. The lowest BCUT2D eigenvalue weighted by Gasteiger charge is -2.07. The molecule has 18 heavy (non-hydrogen) atoms. The highest BCUT2D eigenvalue weighted by molar-refractivity contribution is 7.99. The van der Waals surface area contributed by atoms with Gasteiger partial charge in [0.2, 0.25) is 0 Å². The molecule has 92 valence electrons. The van der Waals surface area contributed by atoms with Gasteiger partial charge in [0.05, 0.1) is 16.3 Å². The van der Waals surface area contributed by atoms with Gasteiger partial charge < -0.3 is 11.5 Å². The summed E-state index contributed by atoms with van der Waals surface area (Å²) in [5.41, 5.74) is 11.8. The van der Waals surface area contributed by atoms with Crippen LogP contribution in [-0.2, 0) is 0 Å². The van der Waals surface area contributed by atoms with Crippen molar-refractivity contribution in [2.45, 2.75) is 9.92 Å². The Bertz CT molecular complexity index is 586. The van der Waals surface area contributed by atoms with E-state index in [1.807, 2.05) is 6.07 Å². The van der Waals surface area contributed by atoms with Gasteiger partial charge in [-0.25, -0.2) is 4.98 Å². The van der Waals surface area contributed by atoms with E-state index in [0.29, 0.717) is 16.3 Å². The predicted molar refractivity (Wildman–Crippen MR) is 72.7 cm³/mol. The lowest BCUT2D eigenvalue weighted by molar-refractivity contribution is 0.100. The lowest BCUT2D eigenvalue weighted by atomic mass is 10.2. The quantitative estimate of drug-likeness (QED) is 0.846. The van der Waals surface area contributed by atoms with Crippen LogP contribution in [0.15, 0.2) is 46.5 Å². The monoisotopic (exact) mass is 279 g/mol. The minimum Gasteiger partial charge on any atom is -0.397 e. The zero-order valence-corrected chi connectivity index (χ0v) is 10.8. The molecule has 1 amide bonds. The third-order valence-corrected chi connectivity index (χ3v) is 3.50. The second kappa shape index (κ2) is 5.29. The van der Waals surface area contributed by atoms with E-state index in [-0.39, 0.29) is 0 Å². The van der Waals surface area contributed by atoms with Crippen molar-refractivity contribution in [1.82, 2.24) is 4.98 Å². The molecule has 0 aliphatic rings. The van der Waals surface area contributed by atoms with E-state index in [9.17, 15) is 4.79 Å². The van der Waals surface area contributed by atoms with Crippen LogP contribution in [0.5, 0.6) is 0 Å². The molecule has 0 aliphatic heterocycles. The van der Waals surface area contributed by atoms with Gasteiger partial charge >= 0.3 is 0 Å². The van der Waals surface area contributed by atoms with Crippen LogP contribution in [0.25, 0.3) is 0 Å². The van der Waals surface area contributed by atoms with E-state index in [1.165, 1.54) is 11.8 Å². The summed E-state index contributed by atoms with van der Waals surface area (Å²) in [4.78, 5) is 16.1. The number of hydrogen-bond donors (Lipinski definition) is 2. The first kappa shape index (κ1) is 12.7. The van der Waals surface area contributed by atoms with Crippen molar-refractivity contribution in [3.8, 4) is 0 Å². The Morgan fingerprint density at radius 2 is 2.06 bits per heavy atom. The molecular weight excluding hydrogens is 270 g/mol. The Balaban J connectivity index is 2.32. The van der Waals surface area contributed by atoms with Crippen molar-refractivity contribution in [3.05, 3.63) is 47.1 Å². The summed E-state index contributed by atoms with van der Waals surface area (Å²) in [5.74, 6) is -0.543. The van der Waals surface area contributed by atoms with Gasteiger partial charge in [-0.1, -0.05) is 29.4 Å². The van der Waals surface area contributed by atoms with E-state index >= 15 is 0 Å². The summed E-state index contributed by atoms with van der Waals surface area (Å²) >= 11 is 7.11. The molecule has 4 N–H and O–H groups in total. The highest BCUT2D eigenvalue weighted by Gasteiger charge is 2.10. The van der Waals surface area contributed by atoms with Crippen molar-refractivity contribution in [3.63, 3.8) is 0 Å². The molecule has 1 heterocycles. The molecule has 0 saturated carbocycles. The maximum Gasteiger partial charge on any atom is 0.250 e. The first-order valence-corrected chi connectivity index (χ1v) is 6.25. The minimum absolute atomic E-state index is 0.314. The van der Waals surface area contributed by atoms with Gasteiger partial charge in [0.1, 0.15) is 5.03 Å². The zero-order chi connectivity index (χ0) is 13.1. The molecule has 0 atom stereocenters. The average Bonchev–Trinajstić information content (AvgIpc) is 2.34. The Morgan fingerprint density at radius 1 is 1.28 bits per heavy atom. The van der Waals surface area contributed by atoms with Crippen LogP contribution < -0.4 is 11.5 Å². The minimum atomic E-state index is -0.543. The van der Waals surface area contributed by atoms with Crippen LogP contribution >= 0.6 is 23.4 Å². The maximum absolute atomic E-state index is 11.2. The zero-order valence-electron chi connectivity index (χ0n) is 9.26. The molecular formula is C12H10ClN3OS. The summed E-state index contributed by atoms with van der Waals surface area (Å²) in [6.07, 6.45) is 1.55. The number of nitrogens with two attached hydrogens (primary N) is 2. The van der Waals surface area contributed by atoms with E-state index in [0.717, 1.165) is 9.92 Å². The number of carbonyl (C=O) groups is 1. The SMILES string of the molecule is NC(=O)c1cccc(Sc2ccc(Cl)cn2)c1N. The number of halogens is 1. The van der Waals surface area contributed by atoms with Crippen molar-refractivity contribution in [1.29, 1.82) is 0 Å². The number of amides is 1. The van der Waals surface area contributed by atoms with Gasteiger partial charge in [-0.2, -0.15) is 0 Å². The normalized spacial score (nSPS) is 10.3. The number of nitrogen functional groups attached to an aromatic ring is 1. The first-order chi connectivity index (χ1) is 8.58. The summed E-state index contributed by atoms with van der Waals surface area (Å²) in [5, 5.41) is 1.31. The average molecular weight is 280 g/mol. The number of nitrogens with zero attached hydrogens (tertiary/aromatic N) is 1. The number of hydrogen-bond acceptors (Lipinski definition) is 4. The molecule has 0 unspecified atom stereocenters. The maximum atomic E-state index is 11.2. The van der Waals surface area contributed by atoms with Gasteiger partial charge in [0.15, 0.2) is 0 Å². The second-order valence-corrected chi connectivity index (χ2v) is 5.00. The third kappa shape index (κ3) is 2.75. The topological polar surface area (TPSA) is 82.0 Å². The lowest BCUT2D eigenvalue weighted by Crippen LogP contribution is -2.13. The number of benzene rings is 1.